The number of nitrogens with zero attached hydrogens (tertiary/aromatic N) is 2. The molecule has 1 aliphatic heterocycles. The molecular formula is C26H29FN4OS. The molecule has 1 fully saturated rings. The summed E-state index contributed by atoms with van der Waals surface area (Å²) in [6.45, 7) is 6.82. The van der Waals surface area contributed by atoms with E-state index in [1.807, 2.05) is 20.0 Å². The van der Waals surface area contributed by atoms with Crippen molar-refractivity contribution in [2.24, 2.45) is 0 Å². The van der Waals surface area contributed by atoms with Crippen LogP contribution in [-0.2, 0) is 0 Å². The maximum atomic E-state index is 13.5. The highest BCUT2D eigenvalue weighted by molar-refractivity contribution is 7.99. The SMILES string of the molecule is CNCCN1CCSCC1.Cc1ccc(C=O)cc1C#Cc1c(N)ncc2ccc(F)cc12. The first-order valence-corrected chi connectivity index (χ1v) is 12.0. The lowest BCUT2D eigenvalue weighted by Gasteiger charge is -2.25. The van der Waals surface area contributed by atoms with E-state index in [4.69, 9.17) is 5.73 Å². The second kappa shape index (κ2) is 12.4. The number of pyridine rings is 1. The molecule has 2 heterocycles. The number of carbonyl (C=O) groups excluding carboxylic acids is 1. The van der Waals surface area contributed by atoms with Gasteiger partial charge in [-0.15, -0.1) is 0 Å². The van der Waals surface area contributed by atoms with E-state index in [0.717, 1.165) is 29.3 Å². The lowest BCUT2D eigenvalue weighted by atomic mass is 10.0. The summed E-state index contributed by atoms with van der Waals surface area (Å²) >= 11 is 2.07. The van der Waals surface area contributed by atoms with Gasteiger partial charge in [0.05, 0.1) is 5.56 Å². The fourth-order valence-electron chi connectivity index (χ4n) is 3.40. The summed E-state index contributed by atoms with van der Waals surface area (Å²) in [5.41, 5.74) is 8.61. The number of thioether (sulfide) groups is 1. The van der Waals surface area contributed by atoms with Crippen LogP contribution in [-0.4, -0.2) is 60.9 Å². The van der Waals surface area contributed by atoms with Gasteiger partial charge in [0.1, 0.15) is 17.9 Å². The Bertz CT molecular complexity index is 1160. The topological polar surface area (TPSA) is 71.2 Å². The molecule has 33 heavy (non-hydrogen) atoms. The first-order chi connectivity index (χ1) is 16.0. The Morgan fingerprint density at radius 1 is 1.21 bits per heavy atom. The molecule has 1 aliphatic rings. The van der Waals surface area contributed by atoms with Crippen molar-refractivity contribution in [2.75, 3.05) is 50.5 Å². The van der Waals surface area contributed by atoms with Gasteiger partial charge in [0.15, 0.2) is 0 Å². The third-order valence-electron chi connectivity index (χ3n) is 5.39. The predicted octanol–water partition coefficient (Wildman–Crippen LogP) is 3.73. The molecule has 0 aliphatic carbocycles. The van der Waals surface area contributed by atoms with Crippen LogP contribution >= 0.6 is 11.8 Å². The monoisotopic (exact) mass is 464 g/mol. The number of hydrogen-bond acceptors (Lipinski definition) is 6. The van der Waals surface area contributed by atoms with E-state index in [1.165, 1.54) is 43.3 Å². The molecule has 3 aromatic rings. The van der Waals surface area contributed by atoms with Crippen LogP contribution in [0.3, 0.4) is 0 Å². The zero-order valence-electron chi connectivity index (χ0n) is 19.0. The fourth-order valence-corrected chi connectivity index (χ4v) is 4.38. The molecule has 2 aromatic carbocycles. The van der Waals surface area contributed by atoms with Gasteiger partial charge < -0.3 is 16.0 Å². The summed E-state index contributed by atoms with van der Waals surface area (Å²) in [5.74, 6) is 8.52. The summed E-state index contributed by atoms with van der Waals surface area (Å²) in [7, 11) is 2.01. The predicted molar refractivity (Wildman–Crippen MR) is 136 cm³/mol. The van der Waals surface area contributed by atoms with Gasteiger partial charge in [-0.05, 0) is 43.8 Å². The van der Waals surface area contributed by atoms with Crippen molar-refractivity contribution in [1.29, 1.82) is 0 Å². The van der Waals surface area contributed by atoms with E-state index in [9.17, 15) is 9.18 Å². The molecule has 0 atom stereocenters. The van der Waals surface area contributed by atoms with Crippen LogP contribution in [0, 0.1) is 24.6 Å². The third kappa shape index (κ3) is 7.03. The number of carbonyl (C=O) groups is 1. The lowest BCUT2D eigenvalue weighted by molar-refractivity contribution is 0.112. The van der Waals surface area contributed by atoms with Crippen LogP contribution < -0.4 is 11.1 Å². The molecule has 1 saturated heterocycles. The normalized spacial score (nSPS) is 13.5. The standard InChI is InChI=1S/C19H13FN2O.C7H16N2S/c1-12-2-3-13(11-23)8-14(12)5-7-17-18-9-16(20)6-4-15(18)10-22-19(17)21;1-8-2-3-9-4-6-10-7-5-9/h2-4,6,8-11H,1H3,(H2,21,22);8H,2-7H2,1H3. The van der Waals surface area contributed by atoms with E-state index in [0.29, 0.717) is 16.5 Å². The number of aldehydes is 1. The van der Waals surface area contributed by atoms with Crippen LogP contribution in [0.2, 0.25) is 0 Å². The van der Waals surface area contributed by atoms with Gasteiger partial charge in [0, 0.05) is 65.8 Å². The number of likely N-dealkylation sites (N-methyl/N-ethyl adjacent to an activating group) is 1. The van der Waals surface area contributed by atoms with Gasteiger partial charge >= 0.3 is 0 Å². The molecule has 0 amide bonds. The van der Waals surface area contributed by atoms with Gasteiger partial charge in [0.2, 0.25) is 0 Å². The van der Waals surface area contributed by atoms with Crippen LogP contribution in [0.25, 0.3) is 10.8 Å². The van der Waals surface area contributed by atoms with Crippen molar-refractivity contribution >= 4 is 34.6 Å². The Labute approximate surface area is 199 Å². The average Bonchev–Trinajstić information content (AvgIpc) is 2.84. The number of nitrogens with one attached hydrogen (secondary N) is 1. The maximum absolute atomic E-state index is 13.5. The summed E-state index contributed by atoms with van der Waals surface area (Å²) in [5, 5.41) is 4.55. The highest BCUT2D eigenvalue weighted by Gasteiger charge is 2.08. The molecule has 0 spiro atoms. The number of nitrogens with two attached hydrogens (primary N) is 1. The van der Waals surface area contributed by atoms with Crippen molar-refractivity contribution in [3.63, 3.8) is 0 Å². The Morgan fingerprint density at radius 2 is 2.00 bits per heavy atom. The first-order valence-electron chi connectivity index (χ1n) is 10.9. The lowest BCUT2D eigenvalue weighted by Crippen LogP contribution is -2.37. The zero-order valence-corrected chi connectivity index (χ0v) is 19.8. The number of rotatable bonds is 4. The van der Waals surface area contributed by atoms with Gasteiger partial charge in [-0.2, -0.15) is 11.8 Å². The van der Waals surface area contributed by atoms with Gasteiger partial charge in [-0.3, -0.25) is 4.79 Å². The van der Waals surface area contributed by atoms with Crippen LogP contribution in [0.15, 0.2) is 42.6 Å². The van der Waals surface area contributed by atoms with Crippen molar-refractivity contribution in [3.8, 4) is 11.8 Å². The number of aryl methyl sites for hydroxylation is 1. The van der Waals surface area contributed by atoms with Gasteiger partial charge in [-0.25, -0.2) is 9.37 Å². The van der Waals surface area contributed by atoms with E-state index in [2.05, 4.69) is 38.8 Å². The van der Waals surface area contributed by atoms with Gasteiger partial charge in [-0.1, -0.05) is 24.0 Å². The van der Waals surface area contributed by atoms with Crippen molar-refractivity contribution < 1.29 is 9.18 Å². The number of hydrogen-bond donors (Lipinski definition) is 2. The van der Waals surface area contributed by atoms with Crippen LogP contribution in [0.4, 0.5) is 10.2 Å². The van der Waals surface area contributed by atoms with Gasteiger partial charge in [0.25, 0.3) is 0 Å². The molecule has 172 valence electrons. The third-order valence-corrected chi connectivity index (χ3v) is 6.33. The fraction of sp³-hybridized carbons (Fsp3) is 0.308. The summed E-state index contributed by atoms with van der Waals surface area (Å²) in [6.07, 6.45) is 2.36. The van der Waals surface area contributed by atoms with E-state index < -0.39 is 0 Å². The van der Waals surface area contributed by atoms with Crippen molar-refractivity contribution in [3.05, 3.63) is 70.7 Å². The quantitative estimate of drug-likeness (QED) is 0.453. The van der Waals surface area contributed by atoms with Crippen molar-refractivity contribution in [1.82, 2.24) is 15.2 Å². The highest BCUT2D eigenvalue weighted by atomic mass is 32.2. The Balaban J connectivity index is 0.000000257. The minimum atomic E-state index is -0.356. The molecule has 7 heteroatoms. The Hall–Kier alpha value is -2.92. The van der Waals surface area contributed by atoms with Crippen LogP contribution in [0.1, 0.15) is 27.0 Å². The summed E-state index contributed by atoms with van der Waals surface area (Å²) in [4.78, 5) is 17.5. The molecule has 0 bridgehead atoms. The number of halogens is 1. The Kier molecular flexibility index (Phi) is 9.25. The molecule has 4 rings (SSSR count). The van der Waals surface area contributed by atoms with E-state index in [1.54, 1.807) is 24.4 Å². The number of nitrogen functional groups attached to an aromatic ring is 1. The number of benzene rings is 2. The van der Waals surface area contributed by atoms with E-state index >= 15 is 0 Å². The minimum absolute atomic E-state index is 0.250. The minimum Gasteiger partial charge on any atom is -0.383 e. The molecule has 0 unspecified atom stereocenters. The molecule has 3 N–H and O–H groups in total. The average molecular weight is 465 g/mol. The highest BCUT2D eigenvalue weighted by Crippen LogP contribution is 2.22. The summed E-state index contributed by atoms with van der Waals surface area (Å²) < 4.78 is 13.5. The van der Waals surface area contributed by atoms with Crippen molar-refractivity contribution in [2.45, 2.75) is 6.92 Å². The molecule has 5 nitrogen and oxygen atoms in total. The number of fused-ring (bicyclic) bond motifs is 1. The molecule has 1 aromatic heterocycles. The largest absolute Gasteiger partial charge is 0.383 e. The molecule has 0 saturated carbocycles. The second-order valence-corrected chi connectivity index (χ2v) is 8.97. The zero-order chi connectivity index (χ0) is 23.6. The smallest absolute Gasteiger partial charge is 0.150 e. The van der Waals surface area contributed by atoms with Crippen LogP contribution in [0.5, 0.6) is 0 Å². The molecule has 0 radical (unpaired) electrons. The summed E-state index contributed by atoms with van der Waals surface area (Å²) in [6, 6.07) is 9.68. The maximum Gasteiger partial charge on any atom is 0.150 e. The molecular weight excluding hydrogens is 435 g/mol. The Morgan fingerprint density at radius 3 is 2.73 bits per heavy atom. The first kappa shape index (κ1) is 24.7. The van der Waals surface area contributed by atoms with E-state index in [-0.39, 0.29) is 11.6 Å². The number of anilines is 1. The second-order valence-electron chi connectivity index (χ2n) is 7.75. The number of aromatic nitrogens is 1.